The number of alkyl halides is 3. The van der Waals surface area contributed by atoms with Crippen molar-refractivity contribution in [1.82, 2.24) is 16.0 Å². The smallest absolute Gasteiger partial charge is 0.471 e. The molecule has 0 saturated heterocycles. The molecular formula is C23H32F3N3O8. The molecule has 0 radical (unpaired) electrons. The van der Waals surface area contributed by atoms with Crippen LogP contribution >= 0.6 is 0 Å². The van der Waals surface area contributed by atoms with E-state index >= 15 is 0 Å². The first kappa shape index (κ1) is 33.2. The van der Waals surface area contributed by atoms with Gasteiger partial charge >= 0.3 is 18.1 Å². The number of hydrogen-bond donors (Lipinski definition) is 6. The summed E-state index contributed by atoms with van der Waals surface area (Å²) in [5.74, 6) is -7.65. The van der Waals surface area contributed by atoms with Crippen molar-refractivity contribution in [3.05, 3.63) is 29.8 Å². The Balaban J connectivity index is 0.00000300. The number of phenols is 1. The third-order valence-electron chi connectivity index (χ3n) is 4.73. The zero-order valence-electron chi connectivity index (χ0n) is 20.9. The van der Waals surface area contributed by atoms with Crippen molar-refractivity contribution < 1.29 is 52.5 Å². The van der Waals surface area contributed by atoms with Crippen LogP contribution < -0.4 is 16.0 Å². The first-order valence-corrected chi connectivity index (χ1v) is 11.0. The Morgan fingerprint density at radius 1 is 0.811 bits per heavy atom. The molecule has 0 heterocycles. The molecule has 6 N–H and O–H groups in total. The van der Waals surface area contributed by atoms with Crippen molar-refractivity contribution >= 4 is 29.7 Å². The lowest BCUT2D eigenvalue weighted by molar-refractivity contribution is -0.175. The highest BCUT2D eigenvalue weighted by Gasteiger charge is 2.42. The summed E-state index contributed by atoms with van der Waals surface area (Å²) < 4.78 is 38.0. The van der Waals surface area contributed by atoms with E-state index in [0.29, 0.717) is 5.56 Å². The van der Waals surface area contributed by atoms with Crippen LogP contribution in [0.3, 0.4) is 0 Å². The highest BCUT2D eigenvalue weighted by molar-refractivity contribution is 5.94. The van der Waals surface area contributed by atoms with Gasteiger partial charge in [-0.3, -0.25) is 19.2 Å². The van der Waals surface area contributed by atoms with Crippen LogP contribution in [-0.2, 0) is 30.4 Å². The summed E-state index contributed by atoms with van der Waals surface area (Å²) >= 11 is 0. The molecule has 3 atom stereocenters. The van der Waals surface area contributed by atoms with Crippen LogP contribution in [-0.4, -0.2) is 69.3 Å². The highest BCUT2D eigenvalue weighted by atomic mass is 19.4. The molecule has 11 nitrogen and oxygen atoms in total. The Bertz CT molecular complexity index is 946. The SMILES string of the molecule is CC(=O)O.CC(C)[C@H](NC(=O)[C@H](Cc1ccc(O)cc1)NC(=O)[C@@H](NC(=O)C(F)(F)F)C(C)C)C(=O)O. The summed E-state index contributed by atoms with van der Waals surface area (Å²) in [6, 6.07) is 1.35. The van der Waals surface area contributed by atoms with Gasteiger partial charge in [0.25, 0.3) is 5.97 Å². The van der Waals surface area contributed by atoms with E-state index in [2.05, 4.69) is 10.6 Å². The van der Waals surface area contributed by atoms with Crippen LogP contribution in [0.1, 0.15) is 40.2 Å². The Kier molecular flexibility index (Phi) is 13.1. The maximum absolute atomic E-state index is 12.8. The van der Waals surface area contributed by atoms with Gasteiger partial charge in [0, 0.05) is 13.3 Å². The molecule has 3 amide bonds. The second kappa shape index (κ2) is 14.7. The van der Waals surface area contributed by atoms with Crippen LogP contribution in [0, 0.1) is 11.8 Å². The van der Waals surface area contributed by atoms with Crippen LogP contribution in [0.4, 0.5) is 13.2 Å². The molecule has 0 fully saturated rings. The van der Waals surface area contributed by atoms with Gasteiger partial charge in [-0.15, -0.1) is 0 Å². The van der Waals surface area contributed by atoms with Gasteiger partial charge in [0.05, 0.1) is 0 Å². The molecule has 208 valence electrons. The third-order valence-corrected chi connectivity index (χ3v) is 4.73. The number of carboxylic acids is 2. The number of carbonyl (C=O) groups excluding carboxylic acids is 3. The second-order valence-electron chi connectivity index (χ2n) is 8.71. The van der Waals surface area contributed by atoms with Crippen molar-refractivity contribution in [2.75, 3.05) is 0 Å². The monoisotopic (exact) mass is 535 g/mol. The summed E-state index contributed by atoms with van der Waals surface area (Å²) in [5.41, 5.74) is 0.477. The molecule has 1 rings (SSSR count). The number of carbonyl (C=O) groups is 5. The third kappa shape index (κ3) is 12.6. The van der Waals surface area contributed by atoms with E-state index < -0.39 is 65.8 Å². The Labute approximate surface area is 211 Å². The summed E-state index contributed by atoms with van der Waals surface area (Å²) in [6.07, 6.45) is -5.36. The largest absolute Gasteiger partial charge is 0.508 e. The lowest BCUT2D eigenvalue weighted by Gasteiger charge is -2.27. The molecule has 1 aromatic rings. The number of hydrogen-bond acceptors (Lipinski definition) is 6. The molecule has 0 bridgehead atoms. The number of amides is 3. The van der Waals surface area contributed by atoms with Crippen LogP contribution in [0.15, 0.2) is 24.3 Å². The zero-order chi connectivity index (χ0) is 29.1. The van der Waals surface area contributed by atoms with Crippen LogP contribution in [0.25, 0.3) is 0 Å². The number of halogens is 3. The minimum atomic E-state index is -5.21. The Hall–Kier alpha value is -3.84. The highest BCUT2D eigenvalue weighted by Crippen LogP contribution is 2.16. The first-order valence-electron chi connectivity index (χ1n) is 11.0. The normalized spacial score (nSPS) is 13.5. The van der Waals surface area contributed by atoms with Gasteiger partial charge in [0.15, 0.2) is 0 Å². The summed E-state index contributed by atoms with van der Waals surface area (Å²) in [4.78, 5) is 57.4. The maximum Gasteiger partial charge on any atom is 0.471 e. The average Bonchev–Trinajstić information content (AvgIpc) is 2.74. The number of aliphatic carboxylic acids is 2. The number of phenolic OH excluding ortho intramolecular Hbond substituents is 1. The molecule has 0 aliphatic heterocycles. The Morgan fingerprint density at radius 3 is 1.65 bits per heavy atom. The summed E-state index contributed by atoms with van der Waals surface area (Å²) in [7, 11) is 0. The predicted octanol–water partition coefficient (Wildman–Crippen LogP) is 1.44. The van der Waals surface area contributed by atoms with E-state index in [-0.39, 0.29) is 12.2 Å². The molecular weight excluding hydrogens is 503 g/mol. The fourth-order valence-electron chi connectivity index (χ4n) is 2.86. The zero-order valence-corrected chi connectivity index (χ0v) is 20.9. The van der Waals surface area contributed by atoms with E-state index in [1.165, 1.54) is 38.1 Å². The number of benzene rings is 1. The summed E-state index contributed by atoms with van der Waals surface area (Å²) in [5, 5.41) is 32.4. The van der Waals surface area contributed by atoms with Gasteiger partial charge in [-0.25, -0.2) is 4.79 Å². The molecule has 37 heavy (non-hydrogen) atoms. The van der Waals surface area contributed by atoms with Crippen molar-refractivity contribution in [3.8, 4) is 5.75 Å². The predicted molar refractivity (Wildman–Crippen MR) is 124 cm³/mol. The molecule has 14 heteroatoms. The van der Waals surface area contributed by atoms with E-state index in [0.717, 1.165) is 6.92 Å². The average molecular weight is 536 g/mol. The molecule has 0 unspecified atom stereocenters. The standard InChI is InChI=1S/C21H28F3N3O6.C2H4O2/c1-10(2)15(27-20(33)21(22,23)24)18(30)25-14(9-12-5-7-13(28)8-6-12)17(29)26-16(11(3)4)19(31)32;1-2(3)4/h5-8,10-11,14-16,28H,9H2,1-4H3,(H,25,30)(H,26,29)(H,27,33)(H,31,32);1H3,(H,3,4)/t14-,15-,16-;/m0./s1. The molecule has 0 aliphatic rings. The fourth-order valence-corrected chi connectivity index (χ4v) is 2.86. The van der Waals surface area contributed by atoms with E-state index in [1.54, 1.807) is 19.2 Å². The second-order valence-corrected chi connectivity index (χ2v) is 8.71. The van der Waals surface area contributed by atoms with Crippen molar-refractivity contribution in [1.29, 1.82) is 0 Å². The summed E-state index contributed by atoms with van der Waals surface area (Å²) in [6.45, 7) is 7.03. The number of rotatable bonds is 10. The fraction of sp³-hybridized carbons (Fsp3) is 0.522. The molecule has 1 aromatic carbocycles. The lowest BCUT2D eigenvalue weighted by atomic mass is 9.99. The number of carboxylic acid groups (broad SMARTS) is 2. The van der Waals surface area contributed by atoms with E-state index in [9.17, 15) is 42.6 Å². The minimum Gasteiger partial charge on any atom is -0.508 e. The van der Waals surface area contributed by atoms with Crippen molar-refractivity contribution in [2.45, 2.75) is 65.3 Å². The van der Waals surface area contributed by atoms with Gasteiger partial charge in [0.2, 0.25) is 11.8 Å². The first-order chi connectivity index (χ1) is 16.9. The van der Waals surface area contributed by atoms with Gasteiger partial charge in [-0.05, 0) is 29.5 Å². The lowest BCUT2D eigenvalue weighted by Crippen LogP contribution is -2.59. The molecule has 0 aromatic heterocycles. The molecule has 0 spiro atoms. The number of nitrogens with one attached hydrogen (secondary N) is 3. The Morgan fingerprint density at radius 2 is 1.27 bits per heavy atom. The number of aromatic hydroxyl groups is 1. The van der Waals surface area contributed by atoms with Crippen LogP contribution in [0.2, 0.25) is 0 Å². The molecule has 0 saturated carbocycles. The van der Waals surface area contributed by atoms with Crippen LogP contribution in [0.5, 0.6) is 5.75 Å². The van der Waals surface area contributed by atoms with E-state index in [4.69, 9.17) is 9.90 Å². The van der Waals surface area contributed by atoms with Gasteiger partial charge in [0.1, 0.15) is 23.9 Å². The van der Waals surface area contributed by atoms with Gasteiger partial charge < -0.3 is 31.3 Å². The quantitative estimate of drug-likeness (QED) is 0.260. The maximum atomic E-state index is 12.8. The van der Waals surface area contributed by atoms with E-state index in [1.807, 2.05) is 0 Å². The van der Waals surface area contributed by atoms with Crippen molar-refractivity contribution in [3.63, 3.8) is 0 Å². The van der Waals surface area contributed by atoms with Crippen molar-refractivity contribution in [2.24, 2.45) is 11.8 Å². The topological polar surface area (TPSA) is 182 Å². The van der Waals surface area contributed by atoms with Gasteiger partial charge in [-0.2, -0.15) is 13.2 Å². The minimum absolute atomic E-state index is 0.0516. The molecule has 0 aliphatic carbocycles. The van der Waals surface area contributed by atoms with Gasteiger partial charge in [-0.1, -0.05) is 39.8 Å².